The van der Waals surface area contributed by atoms with Gasteiger partial charge in [0.15, 0.2) is 0 Å². The Morgan fingerprint density at radius 2 is 1.08 bits per heavy atom. The molecule has 0 aliphatic heterocycles. The van der Waals surface area contributed by atoms with Gasteiger partial charge in [-0.05, 0) is 0 Å². The van der Waals surface area contributed by atoms with Gasteiger partial charge in [0.1, 0.15) is 0 Å². The predicted molar refractivity (Wildman–Crippen MR) is 155 cm³/mol. The van der Waals surface area contributed by atoms with Crippen molar-refractivity contribution >= 4 is 122 Å². The molecule has 0 saturated heterocycles. The second kappa shape index (κ2) is 18.1. The van der Waals surface area contributed by atoms with E-state index in [0.717, 1.165) is 0 Å². The van der Waals surface area contributed by atoms with Gasteiger partial charge in [-0.15, -0.1) is 95.9 Å². The van der Waals surface area contributed by atoms with Gasteiger partial charge in [0.25, 0.3) is 0 Å². The van der Waals surface area contributed by atoms with Crippen molar-refractivity contribution in [2.75, 3.05) is 0 Å². The van der Waals surface area contributed by atoms with Crippen molar-refractivity contribution in [1.29, 1.82) is 0 Å². The second-order valence-electron chi connectivity index (χ2n) is 5.72. The van der Waals surface area contributed by atoms with E-state index >= 15 is 0 Å². The first-order valence-corrected chi connectivity index (χ1v) is 15.1. The van der Waals surface area contributed by atoms with Crippen LogP contribution >= 0.6 is 95.9 Å². The van der Waals surface area contributed by atoms with Crippen LogP contribution in [0, 0.1) is 0 Å². The Balaban J connectivity index is -0.00000121. The molecule has 0 aliphatic rings. The van der Waals surface area contributed by atoms with Gasteiger partial charge < -0.3 is 0 Å². The van der Waals surface area contributed by atoms with E-state index in [-0.39, 0.29) is 95.9 Å². The van der Waals surface area contributed by atoms with Crippen LogP contribution < -0.4 is 7.42 Å². The SMILES string of the molecule is CCC[CH2][Sn]([CH2]CCC)([c]1ccccn1)[c]1ccccn1.I.I.I.I. The molecule has 0 amide bonds. The summed E-state index contributed by atoms with van der Waals surface area (Å²) in [5.41, 5.74) is 0. The molecule has 2 rings (SSSR count). The molecule has 2 aromatic heterocycles. The van der Waals surface area contributed by atoms with Crippen molar-refractivity contribution < 1.29 is 0 Å². The molecule has 144 valence electrons. The molecule has 0 bridgehead atoms. The molecule has 2 heterocycles. The third-order valence-corrected chi connectivity index (χ3v) is 18.4. The van der Waals surface area contributed by atoms with E-state index < -0.39 is 18.4 Å². The number of pyridine rings is 2. The third kappa shape index (κ3) is 9.37. The van der Waals surface area contributed by atoms with E-state index in [2.05, 4.69) is 38.1 Å². The van der Waals surface area contributed by atoms with Crippen molar-refractivity contribution in [3.63, 3.8) is 0 Å². The molecule has 0 saturated carbocycles. The predicted octanol–water partition coefficient (Wildman–Crippen LogP) is 6.11. The number of unbranched alkanes of at least 4 members (excludes halogenated alkanes) is 2. The average molecular weight is 901 g/mol. The largest absolute Gasteiger partial charge is 0.107 e. The number of hydrogen-bond acceptors (Lipinski definition) is 2. The van der Waals surface area contributed by atoms with Gasteiger partial charge in [-0.25, -0.2) is 0 Å². The zero-order chi connectivity index (χ0) is 15.0. The third-order valence-electron chi connectivity index (χ3n) is 4.22. The van der Waals surface area contributed by atoms with E-state index in [4.69, 9.17) is 9.97 Å². The maximum absolute atomic E-state index is 4.79. The minimum absolute atomic E-state index is 0. The smallest absolute Gasteiger partial charge is 0.107 e. The molecule has 0 N–H and O–H groups in total. The van der Waals surface area contributed by atoms with Crippen LogP contribution in [0.25, 0.3) is 0 Å². The van der Waals surface area contributed by atoms with E-state index in [1.54, 1.807) is 0 Å². The van der Waals surface area contributed by atoms with Gasteiger partial charge in [-0.1, -0.05) is 0 Å². The molecule has 0 unspecified atom stereocenters. The summed E-state index contributed by atoms with van der Waals surface area (Å²) in [4.78, 5) is 9.57. The van der Waals surface area contributed by atoms with Crippen molar-refractivity contribution in [3.05, 3.63) is 48.8 Å². The monoisotopic (exact) mass is 902 g/mol. The molecule has 25 heavy (non-hydrogen) atoms. The molecule has 0 fully saturated rings. The quantitative estimate of drug-likeness (QED) is 0.237. The second-order valence-corrected chi connectivity index (χ2v) is 17.7. The Morgan fingerprint density at radius 3 is 1.36 bits per heavy atom. The first kappa shape index (κ1) is 31.7. The Morgan fingerprint density at radius 1 is 0.680 bits per heavy atom. The molecule has 0 atom stereocenters. The van der Waals surface area contributed by atoms with Crippen LogP contribution in [0.1, 0.15) is 39.5 Å². The number of halogens is 4. The van der Waals surface area contributed by atoms with Gasteiger partial charge in [0.2, 0.25) is 0 Å². The summed E-state index contributed by atoms with van der Waals surface area (Å²) >= 11 is -2.72. The van der Waals surface area contributed by atoms with Crippen LogP contribution in [0.15, 0.2) is 48.8 Å². The number of hydrogen-bond donors (Lipinski definition) is 0. The zero-order valence-electron chi connectivity index (χ0n) is 14.9. The summed E-state index contributed by atoms with van der Waals surface area (Å²) in [6, 6.07) is 12.9. The van der Waals surface area contributed by atoms with Crippen LogP contribution in [0.3, 0.4) is 0 Å². The molecule has 0 aromatic carbocycles. The molecule has 7 heteroatoms. The summed E-state index contributed by atoms with van der Waals surface area (Å²) in [7, 11) is 0. The summed E-state index contributed by atoms with van der Waals surface area (Å²) in [5.74, 6) is 0. The molecular formula is C18H30I4N2Sn. The maximum Gasteiger partial charge on any atom is -0.107 e. The molecular weight excluding hydrogens is 871 g/mol. The number of aromatic nitrogens is 2. The minimum atomic E-state index is -2.72. The van der Waals surface area contributed by atoms with Gasteiger partial charge in [-0.2, -0.15) is 0 Å². The number of nitrogens with zero attached hydrogens (tertiary/aromatic N) is 2. The Kier molecular flexibility index (Phi) is 22.9. The fraction of sp³-hybridized carbons (Fsp3) is 0.444. The summed E-state index contributed by atoms with van der Waals surface area (Å²) < 4.78 is 5.43. The van der Waals surface area contributed by atoms with Crippen LogP contribution in [0.5, 0.6) is 0 Å². The normalized spacial score (nSPS) is 9.68. The Hall–Kier alpha value is 2.02. The summed E-state index contributed by atoms with van der Waals surface area (Å²) in [5, 5.41) is 0. The zero-order valence-corrected chi connectivity index (χ0v) is 27.1. The number of rotatable bonds is 8. The van der Waals surface area contributed by atoms with Crippen LogP contribution in [0.4, 0.5) is 0 Å². The molecule has 2 nitrogen and oxygen atoms in total. The molecule has 0 aliphatic carbocycles. The van der Waals surface area contributed by atoms with Crippen molar-refractivity contribution in [3.8, 4) is 0 Å². The topological polar surface area (TPSA) is 25.8 Å². The standard InChI is InChI=1S/2C5H4N.2C4H9.4HI.Sn/c2*1-2-4-6-5-3-1;2*1-3-4-2;;;;;/h2*1-4H;2*1,3-4H2,2H3;4*1H;. The van der Waals surface area contributed by atoms with Crippen molar-refractivity contribution in [1.82, 2.24) is 9.97 Å². The molecule has 0 spiro atoms. The molecule has 2 aromatic rings. The van der Waals surface area contributed by atoms with Crippen LogP contribution in [-0.4, -0.2) is 28.3 Å². The Bertz CT molecular complexity index is 480. The van der Waals surface area contributed by atoms with E-state index in [1.807, 2.05) is 24.5 Å². The van der Waals surface area contributed by atoms with E-state index in [0.29, 0.717) is 0 Å². The minimum Gasteiger partial charge on any atom is -0.107 e. The van der Waals surface area contributed by atoms with Gasteiger partial charge >= 0.3 is 133 Å². The van der Waals surface area contributed by atoms with Gasteiger partial charge in [0, 0.05) is 0 Å². The molecule has 0 radical (unpaired) electrons. The average Bonchev–Trinajstić information content (AvgIpc) is 2.57. The van der Waals surface area contributed by atoms with Crippen molar-refractivity contribution in [2.45, 2.75) is 48.4 Å². The van der Waals surface area contributed by atoms with Gasteiger partial charge in [-0.3, -0.25) is 0 Å². The van der Waals surface area contributed by atoms with E-state index in [9.17, 15) is 0 Å². The summed E-state index contributed by atoms with van der Waals surface area (Å²) in [6.45, 7) is 4.57. The van der Waals surface area contributed by atoms with Crippen LogP contribution in [0.2, 0.25) is 8.87 Å². The van der Waals surface area contributed by atoms with Gasteiger partial charge in [0.05, 0.1) is 0 Å². The first-order valence-electron chi connectivity index (χ1n) is 8.16. The van der Waals surface area contributed by atoms with Crippen molar-refractivity contribution in [2.24, 2.45) is 0 Å². The van der Waals surface area contributed by atoms with E-state index in [1.165, 1.54) is 42.0 Å². The summed E-state index contributed by atoms with van der Waals surface area (Å²) in [6.07, 6.45) is 9.03. The Labute approximate surface area is 225 Å². The fourth-order valence-electron chi connectivity index (χ4n) is 3.02. The fourth-order valence-corrected chi connectivity index (χ4v) is 17.1. The van der Waals surface area contributed by atoms with Crippen LogP contribution in [-0.2, 0) is 0 Å². The first-order chi connectivity index (χ1) is 10.3. The maximum atomic E-state index is 4.79.